The molecule has 1 fully saturated rings. The van der Waals surface area contributed by atoms with Crippen LogP contribution in [0, 0.1) is 11.3 Å². The molecule has 1 heterocycles. The zero-order valence-corrected chi connectivity index (χ0v) is 9.61. The van der Waals surface area contributed by atoms with E-state index in [-0.39, 0.29) is 11.1 Å². The van der Waals surface area contributed by atoms with Gasteiger partial charge in [0.15, 0.2) is 0 Å². The van der Waals surface area contributed by atoms with E-state index in [4.69, 9.17) is 4.74 Å². The van der Waals surface area contributed by atoms with E-state index in [1.165, 1.54) is 0 Å². The Balaban J connectivity index is 2.47. The summed E-state index contributed by atoms with van der Waals surface area (Å²) in [6.07, 6.45) is 1.09. The van der Waals surface area contributed by atoms with Crippen molar-refractivity contribution < 1.29 is 4.74 Å². The van der Waals surface area contributed by atoms with Gasteiger partial charge >= 0.3 is 0 Å². The van der Waals surface area contributed by atoms with Gasteiger partial charge in [-0.2, -0.15) is 0 Å². The molecule has 0 aromatic carbocycles. The fraction of sp³-hybridized carbons (Fsp3) is 1.00. The van der Waals surface area contributed by atoms with Gasteiger partial charge in [-0.25, -0.2) is 0 Å². The van der Waals surface area contributed by atoms with Crippen LogP contribution in [0.25, 0.3) is 0 Å². The van der Waals surface area contributed by atoms with Crippen molar-refractivity contribution in [3.8, 4) is 0 Å². The summed E-state index contributed by atoms with van der Waals surface area (Å²) in [5.74, 6) is 0.679. The minimum atomic E-state index is -0.0936. The maximum Gasteiger partial charge on any atom is 0.116 e. The molecule has 1 N–H and O–H groups in total. The molecule has 1 unspecified atom stereocenters. The lowest BCUT2D eigenvalue weighted by molar-refractivity contribution is -0.135. The van der Waals surface area contributed by atoms with E-state index in [9.17, 15) is 0 Å². The molecule has 78 valence electrons. The van der Waals surface area contributed by atoms with Gasteiger partial charge in [0.1, 0.15) is 5.72 Å². The monoisotopic (exact) mass is 185 g/mol. The third kappa shape index (κ3) is 3.28. The van der Waals surface area contributed by atoms with Crippen molar-refractivity contribution in [1.82, 2.24) is 5.32 Å². The lowest BCUT2D eigenvalue weighted by Gasteiger charge is -2.43. The Hall–Kier alpha value is -0.0800. The van der Waals surface area contributed by atoms with Crippen LogP contribution in [0.1, 0.15) is 41.0 Å². The highest BCUT2D eigenvalue weighted by molar-refractivity contribution is 4.85. The molecule has 1 rings (SSSR count). The highest BCUT2D eigenvalue weighted by Gasteiger charge is 2.35. The third-order valence-electron chi connectivity index (χ3n) is 2.52. The van der Waals surface area contributed by atoms with E-state index >= 15 is 0 Å². The summed E-state index contributed by atoms with van der Waals surface area (Å²) in [5, 5.41) is 3.49. The first-order valence-electron chi connectivity index (χ1n) is 5.22. The lowest BCUT2D eigenvalue weighted by Crippen LogP contribution is -2.56. The van der Waals surface area contributed by atoms with Crippen LogP contribution in [0.4, 0.5) is 0 Å². The van der Waals surface area contributed by atoms with E-state index in [0.717, 1.165) is 19.6 Å². The van der Waals surface area contributed by atoms with Crippen LogP contribution in [0.2, 0.25) is 0 Å². The van der Waals surface area contributed by atoms with Gasteiger partial charge in [-0.05, 0) is 19.3 Å². The summed E-state index contributed by atoms with van der Waals surface area (Å²) >= 11 is 0. The van der Waals surface area contributed by atoms with E-state index < -0.39 is 0 Å². The number of nitrogens with one attached hydrogen (secondary N) is 1. The molecule has 1 aliphatic rings. The van der Waals surface area contributed by atoms with Crippen LogP contribution in [-0.2, 0) is 4.74 Å². The van der Waals surface area contributed by atoms with Crippen LogP contribution in [0.3, 0.4) is 0 Å². The molecule has 2 nitrogen and oxygen atoms in total. The maximum atomic E-state index is 5.88. The van der Waals surface area contributed by atoms with Crippen LogP contribution in [-0.4, -0.2) is 18.9 Å². The minimum Gasteiger partial charge on any atom is -0.360 e. The molecule has 0 aromatic heterocycles. The zero-order chi connectivity index (χ0) is 10.1. The van der Waals surface area contributed by atoms with Crippen molar-refractivity contribution in [1.29, 1.82) is 0 Å². The minimum absolute atomic E-state index is 0.0936. The van der Waals surface area contributed by atoms with Gasteiger partial charge in [-0.3, -0.25) is 5.32 Å². The number of hydrogen-bond acceptors (Lipinski definition) is 2. The van der Waals surface area contributed by atoms with Crippen LogP contribution in [0.15, 0.2) is 0 Å². The molecule has 0 amide bonds. The normalized spacial score (nSPS) is 33.7. The molecule has 0 radical (unpaired) electrons. The molecule has 13 heavy (non-hydrogen) atoms. The van der Waals surface area contributed by atoms with Gasteiger partial charge in [0, 0.05) is 12.0 Å². The SMILES string of the molecule is CC(C)CC1(C)NCC(C)(C)CO1. The Bertz CT molecular complexity index is 165. The molecule has 1 atom stereocenters. The molecular weight excluding hydrogens is 162 g/mol. The van der Waals surface area contributed by atoms with Crippen LogP contribution < -0.4 is 5.32 Å². The summed E-state index contributed by atoms with van der Waals surface area (Å²) in [7, 11) is 0. The fourth-order valence-electron chi connectivity index (χ4n) is 1.79. The van der Waals surface area contributed by atoms with Crippen LogP contribution in [0.5, 0.6) is 0 Å². The van der Waals surface area contributed by atoms with Crippen molar-refractivity contribution in [2.75, 3.05) is 13.2 Å². The summed E-state index contributed by atoms with van der Waals surface area (Å²) < 4.78 is 5.88. The molecule has 1 saturated heterocycles. The van der Waals surface area contributed by atoms with Crippen molar-refractivity contribution in [2.24, 2.45) is 11.3 Å². The fourth-order valence-corrected chi connectivity index (χ4v) is 1.79. The van der Waals surface area contributed by atoms with Gasteiger partial charge in [-0.15, -0.1) is 0 Å². The largest absolute Gasteiger partial charge is 0.360 e. The van der Waals surface area contributed by atoms with Crippen molar-refractivity contribution in [2.45, 2.75) is 46.8 Å². The first-order chi connectivity index (χ1) is 5.83. The summed E-state index contributed by atoms with van der Waals surface area (Å²) in [6, 6.07) is 0. The zero-order valence-electron chi connectivity index (χ0n) is 9.61. The molecule has 0 aromatic rings. The number of rotatable bonds is 2. The van der Waals surface area contributed by atoms with Gasteiger partial charge in [-0.1, -0.05) is 27.7 Å². The second-order valence-electron chi connectivity index (χ2n) is 5.64. The van der Waals surface area contributed by atoms with E-state index in [2.05, 4.69) is 39.9 Å². The maximum absolute atomic E-state index is 5.88. The van der Waals surface area contributed by atoms with Gasteiger partial charge in [0.05, 0.1) is 6.61 Å². The van der Waals surface area contributed by atoms with Gasteiger partial charge < -0.3 is 4.74 Å². The Morgan fingerprint density at radius 1 is 1.31 bits per heavy atom. The average Bonchev–Trinajstić information content (AvgIpc) is 1.95. The number of ether oxygens (including phenoxy) is 1. The Labute approximate surface area is 82.0 Å². The summed E-state index contributed by atoms with van der Waals surface area (Å²) in [4.78, 5) is 0. The molecule has 1 aliphatic heterocycles. The van der Waals surface area contributed by atoms with Gasteiger partial charge in [0.25, 0.3) is 0 Å². The molecule has 2 heteroatoms. The molecule has 0 spiro atoms. The third-order valence-corrected chi connectivity index (χ3v) is 2.52. The lowest BCUT2D eigenvalue weighted by atomic mass is 9.90. The Morgan fingerprint density at radius 2 is 1.92 bits per heavy atom. The molecule has 0 aliphatic carbocycles. The second-order valence-corrected chi connectivity index (χ2v) is 5.64. The molecule has 0 saturated carbocycles. The summed E-state index contributed by atoms with van der Waals surface area (Å²) in [6.45, 7) is 13.0. The quantitative estimate of drug-likeness (QED) is 0.713. The van der Waals surface area contributed by atoms with E-state index in [1.807, 2.05) is 0 Å². The average molecular weight is 185 g/mol. The predicted octanol–water partition coefficient (Wildman–Crippen LogP) is 2.39. The highest BCUT2D eigenvalue weighted by atomic mass is 16.5. The molecular formula is C11H23NO. The predicted molar refractivity (Wildman–Crippen MR) is 55.6 cm³/mol. The first-order valence-corrected chi connectivity index (χ1v) is 5.22. The van der Waals surface area contributed by atoms with E-state index in [0.29, 0.717) is 5.92 Å². The number of hydrogen-bond donors (Lipinski definition) is 1. The van der Waals surface area contributed by atoms with Gasteiger partial charge in [0.2, 0.25) is 0 Å². The smallest absolute Gasteiger partial charge is 0.116 e. The van der Waals surface area contributed by atoms with Crippen LogP contribution >= 0.6 is 0 Å². The Kier molecular flexibility index (Phi) is 3.03. The second kappa shape index (κ2) is 3.58. The summed E-state index contributed by atoms with van der Waals surface area (Å²) in [5.41, 5.74) is 0.195. The van der Waals surface area contributed by atoms with Crippen molar-refractivity contribution >= 4 is 0 Å². The van der Waals surface area contributed by atoms with E-state index in [1.54, 1.807) is 0 Å². The Morgan fingerprint density at radius 3 is 2.31 bits per heavy atom. The van der Waals surface area contributed by atoms with Crippen molar-refractivity contribution in [3.63, 3.8) is 0 Å². The molecule has 0 bridgehead atoms. The topological polar surface area (TPSA) is 21.3 Å². The standard InChI is InChI=1S/C11H23NO/c1-9(2)6-11(5)12-7-10(3,4)8-13-11/h9,12H,6-8H2,1-5H3. The highest BCUT2D eigenvalue weighted by Crippen LogP contribution is 2.28. The van der Waals surface area contributed by atoms with Crippen molar-refractivity contribution in [3.05, 3.63) is 0 Å². The first kappa shape index (κ1) is 11.0.